The number of hydrogen-bond donors (Lipinski definition) is 2. The Morgan fingerprint density at radius 1 is 1.45 bits per heavy atom. The maximum atomic E-state index is 11.7. The zero-order chi connectivity index (χ0) is 15.9. The summed E-state index contributed by atoms with van der Waals surface area (Å²) in [7, 11) is 0. The van der Waals surface area contributed by atoms with Crippen molar-refractivity contribution in [2.75, 3.05) is 6.54 Å². The van der Waals surface area contributed by atoms with E-state index in [1.807, 2.05) is 30.7 Å². The SMILES string of the molecule is CC(C)CC(O)CNC(=O)CCc1nnc(-c2ccsc2)o1. The van der Waals surface area contributed by atoms with Gasteiger partial charge in [0.2, 0.25) is 17.7 Å². The number of thiophene rings is 1. The van der Waals surface area contributed by atoms with E-state index in [0.29, 0.717) is 30.5 Å². The summed E-state index contributed by atoms with van der Waals surface area (Å²) < 4.78 is 5.51. The van der Waals surface area contributed by atoms with Crippen LogP contribution in [-0.2, 0) is 11.2 Å². The quantitative estimate of drug-likeness (QED) is 0.778. The number of aromatic nitrogens is 2. The number of carbonyl (C=O) groups is 1. The Labute approximate surface area is 133 Å². The molecule has 0 aromatic carbocycles. The van der Waals surface area contributed by atoms with Crippen LogP contribution in [0.2, 0.25) is 0 Å². The molecular formula is C15H21N3O3S. The highest BCUT2D eigenvalue weighted by Gasteiger charge is 2.12. The van der Waals surface area contributed by atoms with E-state index in [-0.39, 0.29) is 18.9 Å². The Bertz CT molecular complexity index is 581. The number of amides is 1. The Morgan fingerprint density at radius 2 is 2.27 bits per heavy atom. The van der Waals surface area contributed by atoms with Gasteiger partial charge in [-0.15, -0.1) is 10.2 Å². The standard InChI is InChI=1S/C15H21N3O3S/c1-10(2)7-12(19)8-16-13(20)3-4-14-17-18-15(21-14)11-5-6-22-9-11/h5-6,9-10,12,19H,3-4,7-8H2,1-2H3,(H,16,20). The van der Waals surface area contributed by atoms with Crippen LogP contribution in [0.4, 0.5) is 0 Å². The fourth-order valence-corrected chi connectivity index (χ4v) is 2.66. The van der Waals surface area contributed by atoms with E-state index in [1.54, 1.807) is 11.3 Å². The van der Waals surface area contributed by atoms with E-state index in [9.17, 15) is 9.90 Å². The molecule has 2 aromatic heterocycles. The molecule has 0 radical (unpaired) electrons. The van der Waals surface area contributed by atoms with Crippen LogP contribution in [0.1, 0.15) is 32.6 Å². The minimum Gasteiger partial charge on any atom is -0.421 e. The van der Waals surface area contributed by atoms with E-state index < -0.39 is 6.10 Å². The topological polar surface area (TPSA) is 88.2 Å². The summed E-state index contributed by atoms with van der Waals surface area (Å²) in [4.78, 5) is 11.7. The molecule has 0 saturated carbocycles. The van der Waals surface area contributed by atoms with Gasteiger partial charge in [0.1, 0.15) is 0 Å². The van der Waals surface area contributed by atoms with Gasteiger partial charge in [-0.05, 0) is 23.8 Å². The summed E-state index contributed by atoms with van der Waals surface area (Å²) in [6.07, 6.45) is 0.828. The molecule has 7 heteroatoms. The molecule has 2 rings (SSSR count). The van der Waals surface area contributed by atoms with Gasteiger partial charge >= 0.3 is 0 Å². The molecule has 0 bridgehead atoms. The fraction of sp³-hybridized carbons (Fsp3) is 0.533. The molecule has 0 aliphatic heterocycles. The van der Waals surface area contributed by atoms with Crippen molar-refractivity contribution in [1.82, 2.24) is 15.5 Å². The van der Waals surface area contributed by atoms with Gasteiger partial charge in [-0.25, -0.2) is 0 Å². The highest BCUT2D eigenvalue weighted by Crippen LogP contribution is 2.20. The summed E-state index contributed by atoms with van der Waals surface area (Å²) in [6, 6.07) is 1.91. The smallest absolute Gasteiger partial charge is 0.248 e. The minimum atomic E-state index is -0.502. The fourth-order valence-electron chi connectivity index (χ4n) is 2.03. The minimum absolute atomic E-state index is 0.127. The first-order valence-corrected chi connectivity index (χ1v) is 8.28. The van der Waals surface area contributed by atoms with E-state index in [2.05, 4.69) is 15.5 Å². The lowest BCUT2D eigenvalue weighted by Crippen LogP contribution is -2.32. The molecule has 1 atom stereocenters. The van der Waals surface area contributed by atoms with Crippen molar-refractivity contribution >= 4 is 17.2 Å². The highest BCUT2D eigenvalue weighted by atomic mass is 32.1. The summed E-state index contributed by atoms with van der Waals surface area (Å²) in [5, 5.41) is 24.2. The van der Waals surface area contributed by atoms with Gasteiger partial charge in [-0.2, -0.15) is 11.3 Å². The Kier molecular flexibility index (Phi) is 6.09. The molecule has 2 heterocycles. The van der Waals surface area contributed by atoms with Crippen LogP contribution in [0, 0.1) is 5.92 Å². The molecule has 120 valence electrons. The van der Waals surface area contributed by atoms with Crippen LogP contribution < -0.4 is 5.32 Å². The zero-order valence-corrected chi connectivity index (χ0v) is 13.6. The molecule has 2 aromatic rings. The van der Waals surface area contributed by atoms with Crippen molar-refractivity contribution in [1.29, 1.82) is 0 Å². The maximum absolute atomic E-state index is 11.7. The van der Waals surface area contributed by atoms with E-state index in [4.69, 9.17) is 4.42 Å². The van der Waals surface area contributed by atoms with Gasteiger partial charge in [0.25, 0.3) is 0 Å². The predicted octanol–water partition coefficient (Wildman–Crippen LogP) is 2.25. The second-order valence-electron chi connectivity index (χ2n) is 5.60. The number of nitrogens with zero attached hydrogens (tertiary/aromatic N) is 2. The molecule has 1 amide bonds. The number of aliphatic hydroxyl groups is 1. The molecule has 0 saturated heterocycles. The lowest BCUT2D eigenvalue weighted by molar-refractivity contribution is -0.121. The molecule has 0 aliphatic rings. The van der Waals surface area contributed by atoms with E-state index in [1.165, 1.54) is 0 Å². The average molecular weight is 323 g/mol. The van der Waals surface area contributed by atoms with Crippen LogP contribution >= 0.6 is 11.3 Å². The normalized spacial score (nSPS) is 12.5. The molecule has 6 nitrogen and oxygen atoms in total. The predicted molar refractivity (Wildman–Crippen MR) is 84.4 cm³/mol. The van der Waals surface area contributed by atoms with Crippen molar-refractivity contribution in [2.24, 2.45) is 5.92 Å². The van der Waals surface area contributed by atoms with Crippen molar-refractivity contribution in [3.8, 4) is 11.5 Å². The van der Waals surface area contributed by atoms with Crippen molar-refractivity contribution in [3.05, 3.63) is 22.7 Å². The molecule has 0 spiro atoms. The first-order chi connectivity index (χ1) is 10.5. The van der Waals surface area contributed by atoms with Gasteiger partial charge < -0.3 is 14.8 Å². The number of rotatable bonds is 8. The lowest BCUT2D eigenvalue weighted by Gasteiger charge is -2.13. The third-order valence-electron chi connectivity index (χ3n) is 3.08. The van der Waals surface area contributed by atoms with Crippen molar-refractivity contribution in [2.45, 2.75) is 39.2 Å². The molecule has 22 heavy (non-hydrogen) atoms. The highest BCUT2D eigenvalue weighted by molar-refractivity contribution is 7.08. The maximum Gasteiger partial charge on any atom is 0.248 e. The number of nitrogens with one attached hydrogen (secondary N) is 1. The van der Waals surface area contributed by atoms with Gasteiger partial charge in [0.05, 0.1) is 6.10 Å². The van der Waals surface area contributed by atoms with Gasteiger partial charge in [0, 0.05) is 30.3 Å². The van der Waals surface area contributed by atoms with Gasteiger partial charge in [-0.3, -0.25) is 4.79 Å². The van der Waals surface area contributed by atoms with Crippen LogP contribution in [-0.4, -0.2) is 33.9 Å². The first-order valence-electron chi connectivity index (χ1n) is 7.34. The summed E-state index contributed by atoms with van der Waals surface area (Å²) in [5.41, 5.74) is 0.894. The third kappa shape index (κ3) is 5.23. The number of hydrogen-bond acceptors (Lipinski definition) is 6. The van der Waals surface area contributed by atoms with Crippen LogP contribution in [0.5, 0.6) is 0 Å². The van der Waals surface area contributed by atoms with Crippen LogP contribution in [0.3, 0.4) is 0 Å². The number of carbonyl (C=O) groups excluding carboxylic acids is 1. The Hall–Kier alpha value is -1.73. The lowest BCUT2D eigenvalue weighted by atomic mass is 10.1. The van der Waals surface area contributed by atoms with Crippen LogP contribution in [0.25, 0.3) is 11.5 Å². The molecule has 0 fully saturated rings. The number of aliphatic hydroxyl groups excluding tert-OH is 1. The monoisotopic (exact) mass is 323 g/mol. The van der Waals surface area contributed by atoms with E-state index >= 15 is 0 Å². The molecule has 2 N–H and O–H groups in total. The molecular weight excluding hydrogens is 302 g/mol. The summed E-state index contributed by atoms with van der Waals surface area (Å²) in [6.45, 7) is 4.35. The average Bonchev–Trinajstić information content (AvgIpc) is 3.12. The first kappa shape index (κ1) is 16.6. The molecule has 1 unspecified atom stereocenters. The second kappa shape index (κ2) is 8.05. The van der Waals surface area contributed by atoms with Gasteiger partial charge in [0.15, 0.2) is 0 Å². The Balaban J connectivity index is 1.72. The number of aryl methyl sites for hydroxylation is 1. The van der Waals surface area contributed by atoms with E-state index in [0.717, 1.165) is 5.56 Å². The van der Waals surface area contributed by atoms with Gasteiger partial charge in [-0.1, -0.05) is 13.8 Å². The van der Waals surface area contributed by atoms with Crippen molar-refractivity contribution in [3.63, 3.8) is 0 Å². The van der Waals surface area contributed by atoms with Crippen LogP contribution in [0.15, 0.2) is 21.2 Å². The van der Waals surface area contributed by atoms with Crippen molar-refractivity contribution < 1.29 is 14.3 Å². The zero-order valence-electron chi connectivity index (χ0n) is 12.8. The second-order valence-corrected chi connectivity index (χ2v) is 6.38. The summed E-state index contributed by atoms with van der Waals surface area (Å²) in [5.74, 6) is 1.20. The third-order valence-corrected chi connectivity index (χ3v) is 3.76. The largest absolute Gasteiger partial charge is 0.421 e. The summed E-state index contributed by atoms with van der Waals surface area (Å²) >= 11 is 1.56. The Morgan fingerprint density at radius 3 is 2.95 bits per heavy atom. The molecule has 0 aliphatic carbocycles.